The minimum Gasteiger partial charge on any atom is -0.342 e. The fourth-order valence-electron chi connectivity index (χ4n) is 0.640. The molecule has 1 nitrogen and oxygen atoms in total. The molecule has 0 aromatic heterocycles. The molecular weight excluding hydrogens is 126 g/mol. The van der Waals surface area contributed by atoms with Crippen molar-refractivity contribution in [1.82, 2.24) is 4.98 Å². The highest BCUT2D eigenvalue weighted by Gasteiger charge is 1.80. The second-order valence-electron chi connectivity index (χ2n) is 2.42. The van der Waals surface area contributed by atoms with Gasteiger partial charge in [-0.2, -0.15) is 0 Å². The summed E-state index contributed by atoms with van der Waals surface area (Å²) in [7, 11) is 0.0421. The van der Waals surface area contributed by atoms with Crippen molar-refractivity contribution >= 4 is 9.68 Å². The van der Waals surface area contributed by atoms with Crippen molar-refractivity contribution < 1.29 is 0 Å². The van der Waals surface area contributed by atoms with Gasteiger partial charge in [-0.3, -0.25) is 0 Å². The maximum Gasteiger partial charge on any atom is 0.0953 e. The number of rotatable bonds is 4. The van der Waals surface area contributed by atoms with E-state index in [0.29, 0.717) is 0 Å². The van der Waals surface area contributed by atoms with Gasteiger partial charge in [-0.05, 0) is 26.4 Å². The van der Waals surface area contributed by atoms with Crippen molar-refractivity contribution in [3.63, 3.8) is 0 Å². The Bertz CT molecular complexity index is 84.9. The number of hydrogen-bond acceptors (Lipinski definition) is 1. The molecule has 0 saturated carbocycles. The maximum atomic E-state index is 3.40. The molecule has 0 amide bonds. The highest BCUT2D eigenvalue weighted by atomic mass is 28.2. The molecule has 0 aliphatic heterocycles. The van der Waals surface area contributed by atoms with Gasteiger partial charge in [-0.15, -0.1) is 0 Å². The van der Waals surface area contributed by atoms with Gasteiger partial charge in [0, 0.05) is 0 Å². The molecule has 0 aromatic rings. The molecule has 0 aromatic carbocycles. The van der Waals surface area contributed by atoms with E-state index in [4.69, 9.17) is 0 Å². The molecule has 0 atom stereocenters. The Morgan fingerprint density at radius 2 is 2.22 bits per heavy atom. The third-order valence-electron chi connectivity index (χ3n) is 1.12. The summed E-state index contributed by atoms with van der Waals surface area (Å²) in [4.78, 5) is 3.40. The normalized spacial score (nSPS) is 10.6. The lowest BCUT2D eigenvalue weighted by Crippen LogP contribution is -2.16. The van der Waals surface area contributed by atoms with Crippen LogP contribution in [0.15, 0.2) is 11.6 Å². The van der Waals surface area contributed by atoms with Crippen molar-refractivity contribution in [2.45, 2.75) is 26.8 Å². The molecular formula is C7H17NSi. The first-order valence-corrected chi connectivity index (χ1v) is 5.32. The van der Waals surface area contributed by atoms with Crippen molar-refractivity contribution in [3.8, 4) is 0 Å². The zero-order valence-corrected chi connectivity index (χ0v) is 8.11. The van der Waals surface area contributed by atoms with Gasteiger partial charge in [-0.1, -0.05) is 18.6 Å². The van der Waals surface area contributed by atoms with Gasteiger partial charge in [0.25, 0.3) is 0 Å². The van der Waals surface area contributed by atoms with Crippen LogP contribution in [0.25, 0.3) is 0 Å². The molecule has 0 heterocycles. The van der Waals surface area contributed by atoms with Crippen LogP contribution in [0, 0.1) is 0 Å². The van der Waals surface area contributed by atoms with Crippen molar-refractivity contribution in [2.24, 2.45) is 0 Å². The van der Waals surface area contributed by atoms with Crippen LogP contribution in [0.5, 0.6) is 0 Å². The minimum atomic E-state index is 0.0421. The molecule has 0 fully saturated rings. The summed E-state index contributed by atoms with van der Waals surface area (Å²) in [5.74, 6) is 0. The standard InChI is InChI=1S/C7H17NSi/c1-4-8-9-6-5-7(2)3/h5,8H,4,6,9H2,1-3H3. The molecule has 0 radical (unpaired) electrons. The summed E-state index contributed by atoms with van der Waals surface area (Å²) in [6.07, 6.45) is 2.31. The summed E-state index contributed by atoms with van der Waals surface area (Å²) in [6.45, 7) is 7.61. The van der Waals surface area contributed by atoms with Gasteiger partial charge in [0.1, 0.15) is 0 Å². The first-order chi connectivity index (χ1) is 4.27. The Balaban J connectivity index is 3.00. The molecule has 54 valence electrons. The van der Waals surface area contributed by atoms with Crippen molar-refractivity contribution in [3.05, 3.63) is 11.6 Å². The highest BCUT2D eigenvalue weighted by Crippen LogP contribution is 1.90. The molecule has 0 aliphatic carbocycles. The molecule has 0 aliphatic rings. The zero-order valence-electron chi connectivity index (χ0n) is 6.70. The Labute approximate surface area is 60.4 Å². The van der Waals surface area contributed by atoms with Crippen LogP contribution in [0.1, 0.15) is 20.8 Å². The molecule has 2 heteroatoms. The lowest BCUT2D eigenvalue weighted by atomic mass is 10.3. The fourth-order valence-corrected chi connectivity index (χ4v) is 1.92. The maximum absolute atomic E-state index is 3.40. The molecule has 0 rings (SSSR count). The highest BCUT2D eigenvalue weighted by molar-refractivity contribution is 6.32. The minimum absolute atomic E-state index is 0.0421. The van der Waals surface area contributed by atoms with E-state index in [2.05, 4.69) is 31.8 Å². The quantitative estimate of drug-likeness (QED) is 0.352. The molecule has 9 heavy (non-hydrogen) atoms. The molecule has 0 unspecified atom stereocenters. The summed E-state index contributed by atoms with van der Waals surface area (Å²) in [5, 5.41) is 0. The topological polar surface area (TPSA) is 12.0 Å². The van der Waals surface area contributed by atoms with Crippen LogP contribution in [0.2, 0.25) is 6.04 Å². The third kappa shape index (κ3) is 7.92. The van der Waals surface area contributed by atoms with Crippen LogP contribution >= 0.6 is 0 Å². The summed E-state index contributed by atoms with van der Waals surface area (Å²) >= 11 is 0. The SMILES string of the molecule is CCN[SiH2]CC=C(C)C. The number of hydrogen-bond donors (Lipinski definition) is 1. The summed E-state index contributed by atoms with van der Waals surface area (Å²) in [6, 6.07) is 1.30. The van der Waals surface area contributed by atoms with E-state index < -0.39 is 0 Å². The second kappa shape index (κ2) is 6.04. The van der Waals surface area contributed by atoms with Gasteiger partial charge < -0.3 is 4.98 Å². The molecule has 0 saturated heterocycles. The fraction of sp³-hybridized carbons (Fsp3) is 0.714. The molecule has 0 spiro atoms. The van der Waals surface area contributed by atoms with Gasteiger partial charge in [0.2, 0.25) is 0 Å². The van der Waals surface area contributed by atoms with E-state index in [-0.39, 0.29) is 9.68 Å². The predicted octanol–water partition coefficient (Wildman–Crippen LogP) is 1.06. The lowest BCUT2D eigenvalue weighted by Gasteiger charge is -1.94. The van der Waals surface area contributed by atoms with Gasteiger partial charge >= 0.3 is 0 Å². The van der Waals surface area contributed by atoms with Gasteiger partial charge in [0.15, 0.2) is 0 Å². The van der Waals surface area contributed by atoms with Crippen LogP contribution in [0.4, 0.5) is 0 Å². The van der Waals surface area contributed by atoms with E-state index in [1.165, 1.54) is 11.6 Å². The van der Waals surface area contributed by atoms with E-state index in [1.54, 1.807) is 0 Å². The lowest BCUT2D eigenvalue weighted by molar-refractivity contribution is 1.00. The van der Waals surface area contributed by atoms with Gasteiger partial charge in [-0.25, -0.2) is 0 Å². The molecule has 1 N–H and O–H groups in total. The average Bonchev–Trinajstić information content (AvgIpc) is 1.80. The average molecular weight is 143 g/mol. The Hall–Kier alpha value is -0.0831. The monoisotopic (exact) mass is 143 g/mol. The smallest absolute Gasteiger partial charge is 0.0953 e. The summed E-state index contributed by atoms with van der Waals surface area (Å²) < 4.78 is 0. The van der Waals surface area contributed by atoms with Crippen molar-refractivity contribution in [2.75, 3.05) is 6.54 Å². The van der Waals surface area contributed by atoms with Crippen LogP contribution in [-0.2, 0) is 0 Å². The molecule has 0 bridgehead atoms. The number of allylic oxidation sites excluding steroid dienone is 2. The zero-order chi connectivity index (χ0) is 7.11. The van der Waals surface area contributed by atoms with E-state index in [0.717, 1.165) is 6.54 Å². The summed E-state index contributed by atoms with van der Waals surface area (Å²) in [5.41, 5.74) is 1.44. The van der Waals surface area contributed by atoms with E-state index in [1.807, 2.05) is 0 Å². The largest absolute Gasteiger partial charge is 0.342 e. The van der Waals surface area contributed by atoms with Crippen LogP contribution in [-0.4, -0.2) is 16.2 Å². The number of nitrogens with one attached hydrogen (secondary N) is 1. The van der Waals surface area contributed by atoms with Crippen LogP contribution < -0.4 is 4.98 Å². The Morgan fingerprint density at radius 1 is 1.56 bits per heavy atom. The first-order valence-electron chi connectivity index (χ1n) is 3.61. The second-order valence-corrected chi connectivity index (χ2v) is 4.00. The third-order valence-corrected chi connectivity index (χ3v) is 2.55. The van der Waals surface area contributed by atoms with Crippen molar-refractivity contribution in [1.29, 1.82) is 0 Å². The predicted molar refractivity (Wildman–Crippen MR) is 46.5 cm³/mol. The Morgan fingerprint density at radius 3 is 2.67 bits per heavy atom. The first kappa shape index (κ1) is 8.92. The van der Waals surface area contributed by atoms with E-state index in [9.17, 15) is 0 Å². The van der Waals surface area contributed by atoms with Crippen LogP contribution in [0.3, 0.4) is 0 Å². The Kier molecular flexibility index (Phi) is 5.99. The van der Waals surface area contributed by atoms with Gasteiger partial charge in [0.05, 0.1) is 9.68 Å². The van der Waals surface area contributed by atoms with E-state index >= 15 is 0 Å².